The molecule has 1 atom stereocenters. The van der Waals surface area contributed by atoms with E-state index in [1.807, 2.05) is 0 Å². The monoisotopic (exact) mass is 202 g/mol. The lowest BCUT2D eigenvalue weighted by atomic mass is 10.3. The average molecular weight is 202 g/mol. The molecule has 3 heteroatoms. The maximum atomic E-state index is 8.48. The minimum Gasteiger partial charge on any atom is -0.502 e. The second-order valence-electron chi connectivity index (χ2n) is 2.60. The lowest BCUT2D eigenvalue weighted by molar-refractivity contribution is 0.0514. The first kappa shape index (κ1) is 15.7. The molecule has 0 saturated heterocycles. The average Bonchev–Trinajstić information content (AvgIpc) is 2.24. The number of aliphatic hydroxyl groups excluding tert-OH is 1. The molecule has 0 bridgehead atoms. The Morgan fingerprint density at radius 2 is 2.07 bits per heavy atom. The summed E-state index contributed by atoms with van der Waals surface area (Å²) in [6, 6.07) is 0. The maximum absolute atomic E-state index is 8.48. The molecule has 0 amide bonds. The van der Waals surface area contributed by atoms with Crippen LogP contribution < -0.4 is 0 Å². The van der Waals surface area contributed by atoms with E-state index in [9.17, 15) is 0 Å². The summed E-state index contributed by atoms with van der Waals surface area (Å²) in [4.78, 5) is 0. The molecule has 0 aliphatic carbocycles. The van der Waals surface area contributed by atoms with Gasteiger partial charge < -0.3 is 14.6 Å². The lowest BCUT2D eigenvalue weighted by Gasteiger charge is -2.07. The molecule has 0 rings (SSSR count). The van der Waals surface area contributed by atoms with Crippen molar-refractivity contribution in [3.8, 4) is 0 Å². The number of aliphatic hydroxyl groups is 1. The van der Waals surface area contributed by atoms with E-state index >= 15 is 0 Å². The van der Waals surface area contributed by atoms with Crippen molar-refractivity contribution in [2.24, 2.45) is 0 Å². The van der Waals surface area contributed by atoms with Gasteiger partial charge in [-0.1, -0.05) is 19.6 Å². The quantitative estimate of drug-likeness (QED) is 0.390. The predicted molar refractivity (Wildman–Crippen MR) is 59.1 cm³/mol. The largest absolute Gasteiger partial charge is 0.502 e. The third-order valence-corrected chi connectivity index (χ3v) is 1.41. The molecule has 14 heavy (non-hydrogen) atoms. The molecule has 0 aromatic rings. The van der Waals surface area contributed by atoms with E-state index < -0.39 is 0 Å². The molecule has 0 spiro atoms. The molecule has 0 aliphatic rings. The first-order valence-corrected chi connectivity index (χ1v) is 4.73. The molecule has 3 nitrogen and oxygen atoms in total. The molecule has 0 fully saturated rings. The number of rotatable bonds is 7. The standard InChI is InChI=1S/C6H12O2.C5H10O/c1-3-4-6(5-7)8-2;1-3-5-6-4-2/h3,6-7H,1,4-5H2,2H3;4H,2-3,5H2,1H3. The molecular weight excluding hydrogens is 180 g/mol. The van der Waals surface area contributed by atoms with Crippen LogP contribution in [0, 0.1) is 0 Å². The fourth-order valence-corrected chi connectivity index (χ4v) is 0.632. The van der Waals surface area contributed by atoms with Crippen LogP contribution in [0.15, 0.2) is 25.5 Å². The summed E-state index contributed by atoms with van der Waals surface area (Å²) in [7, 11) is 1.57. The zero-order valence-corrected chi connectivity index (χ0v) is 9.24. The van der Waals surface area contributed by atoms with Crippen LogP contribution in [0.25, 0.3) is 0 Å². The van der Waals surface area contributed by atoms with Crippen LogP contribution in [0.3, 0.4) is 0 Å². The smallest absolute Gasteiger partial charge is 0.0870 e. The molecule has 0 radical (unpaired) electrons. The van der Waals surface area contributed by atoms with E-state index in [1.54, 1.807) is 13.2 Å². The Kier molecular flexibility index (Phi) is 16.5. The van der Waals surface area contributed by atoms with Crippen molar-refractivity contribution in [1.29, 1.82) is 0 Å². The molecule has 0 heterocycles. The van der Waals surface area contributed by atoms with Gasteiger partial charge in [0.15, 0.2) is 0 Å². The van der Waals surface area contributed by atoms with Gasteiger partial charge in [0.05, 0.1) is 25.6 Å². The normalized spacial score (nSPS) is 10.8. The van der Waals surface area contributed by atoms with Crippen molar-refractivity contribution < 1.29 is 14.6 Å². The summed E-state index contributed by atoms with van der Waals surface area (Å²) in [5.74, 6) is 0. The van der Waals surface area contributed by atoms with Crippen LogP contribution in [-0.2, 0) is 9.47 Å². The number of hydrogen-bond donors (Lipinski definition) is 1. The van der Waals surface area contributed by atoms with Crippen molar-refractivity contribution in [1.82, 2.24) is 0 Å². The molecule has 0 saturated carbocycles. The van der Waals surface area contributed by atoms with E-state index in [2.05, 4.69) is 20.1 Å². The van der Waals surface area contributed by atoms with Gasteiger partial charge in [-0.05, 0) is 12.8 Å². The van der Waals surface area contributed by atoms with Crippen LogP contribution in [0.4, 0.5) is 0 Å². The molecule has 0 aromatic carbocycles. The predicted octanol–water partition coefficient (Wildman–Crippen LogP) is 2.13. The number of ether oxygens (including phenoxy) is 2. The Morgan fingerprint density at radius 3 is 2.21 bits per heavy atom. The highest BCUT2D eigenvalue weighted by atomic mass is 16.5. The molecule has 0 aliphatic heterocycles. The van der Waals surface area contributed by atoms with Crippen LogP contribution in [0.1, 0.15) is 19.8 Å². The van der Waals surface area contributed by atoms with Gasteiger partial charge >= 0.3 is 0 Å². The van der Waals surface area contributed by atoms with Gasteiger partial charge in [-0.25, -0.2) is 0 Å². The van der Waals surface area contributed by atoms with Crippen molar-refractivity contribution in [2.45, 2.75) is 25.9 Å². The van der Waals surface area contributed by atoms with Gasteiger partial charge in [0.2, 0.25) is 0 Å². The Bertz CT molecular complexity index is 120. The minimum atomic E-state index is -0.0625. The second-order valence-corrected chi connectivity index (χ2v) is 2.60. The zero-order chi connectivity index (χ0) is 11.2. The third-order valence-electron chi connectivity index (χ3n) is 1.41. The first-order valence-electron chi connectivity index (χ1n) is 4.73. The Morgan fingerprint density at radius 1 is 1.43 bits per heavy atom. The molecule has 1 N–H and O–H groups in total. The van der Waals surface area contributed by atoms with Crippen LogP contribution >= 0.6 is 0 Å². The van der Waals surface area contributed by atoms with Crippen molar-refractivity contribution in [3.63, 3.8) is 0 Å². The summed E-state index contributed by atoms with van der Waals surface area (Å²) in [6.07, 6.45) is 4.90. The van der Waals surface area contributed by atoms with E-state index in [0.29, 0.717) is 6.42 Å². The van der Waals surface area contributed by atoms with Gasteiger partial charge in [0.1, 0.15) is 0 Å². The molecule has 1 unspecified atom stereocenters. The number of hydrogen-bond acceptors (Lipinski definition) is 3. The topological polar surface area (TPSA) is 38.7 Å². The Balaban J connectivity index is 0. The first-order chi connectivity index (χ1) is 6.76. The third kappa shape index (κ3) is 13.8. The lowest BCUT2D eigenvalue weighted by Crippen LogP contribution is -2.13. The van der Waals surface area contributed by atoms with E-state index in [4.69, 9.17) is 14.6 Å². The van der Waals surface area contributed by atoms with Gasteiger partial charge in [-0.3, -0.25) is 0 Å². The summed E-state index contributed by atoms with van der Waals surface area (Å²) in [6.45, 7) is 9.81. The molecule has 0 aromatic heterocycles. The van der Waals surface area contributed by atoms with Crippen molar-refractivity contribution in [3.05, 3.63) is 25.5 Å². The summed E-state index contributed by atoms with van der Waals surface area (Å²) < 4.78 is 9.57. The van der Waals surface area contributed by atoms with E-state index in [-0.39, 0.29) is 12.7 Å². The highest BCUT2D eigenvalue weighted by Gasteiger charge is 1.99. The highest BCUT2D eigenvalue weighted by molar-refractivity contribution is 4.72. The van der Waals surface area contributed by atoms with Crippen LogP contribution in [-0.4, -0.2) is 31.5 Å². The second kappa shape index (κ2) is 14.7. The SMILES string of the molecule is C=CCC(CO)OC.C=COCCC. The van der Waals surface area contributed by atoms with Gasteiger partial charge in [0, 0.05) is 7.11 Å². The fourth-order valence-electron chi connectivity index (χ4n) is 0.632. The molecular formula is C11H22O3. The van der Waals surface area contributed by atoms with Crippen LogP contribution in [0.2, 0.25) is 0 Å². The zero-order valence-electron chi connectivity index (χ0n) is 9.24. The minimum absolute atomic E-state index is 0.0625. The Hall–Kier alpha value is -0.800. The fraction of sp³-hybridized carbons (Fsp3) is 0.636. The Labute approximate surface area is 87.0 Å². The van der Waals surface area contributed by atoms with Gasteiger partial charge in [-0.15, -0.1) is 6.58 Å². The van der Waals surface area contributed by atoms with E-state index in [0.717, 1.165) is 13.0 Å². The van der Waals surface area contributed by atoms with Crippen molar-refractivity contribution in [2.75, 3.05) is 20.3 Å². The van der Waals surface area contributed by atoms with Crippen LogP contribution in [0.5, 0.6) is 0 Å². The van der Waals surface area contributed by atoms with Gasteiger partial charge in [0.25, 0.3) is 0 Å². The van der Waals surface area contributed by atoms with Crippen molar-refractivity contribution >= 4 is 0 Å². The maximum Gasteiger partial charge on any atom is 0.0870 e. The van der Waals surface area contributed by atoms with Gasteiger partial charge in [-0.2, -0.15) is 0 Å². The molecule has 84 valence electrons. The summed E-state index contributed by atoms with van der Waals surface area (Å²) in [5, 5.41) is 8.48. The number of methoxy groups -OCH3 is 1. The van der Waals surface area contributed by atoms with E-state index in [1.165, 1.54) is 6.26 Å². The summed E-state index contributed by atoms with van der Waals surface area (Å²) in [5.41, 5.74) is 0. The highest BCUT2D eigenvalue weighted by Crippen LogP contribution is 1.94. The summed E-state index contributed by atoms with van der Waals surface area (Å²) >= 11 is 0.